The average molecular weight is 1330 g/mol. The van der Waals surface area contributed by atoms with Gasteiger partial charge in [-0.05, 0) is 223 Å². The van der Waals surface area contributed by atoms with Gasteiger partial charge in [0.25, 0.3) is 0 Å². The molecule has 0 unspecified atom stereocenters. The third kappa shape index (κ3) is 8.55. The van der Waals surface area contributed by atoms with E-state index in [9.17, 15) is 0 Å². The molecule has 22 rings (SSSR count). The number of aromatic nitrogens is 4. The summed E-state index contributed by atoms with van der Waals surface area (Å²) in [6.45, 7) is 0. The minimum atomic E-state index is -3.16. The molecule has 480 valence electrons. The molecule has 6 nitrogen and oxygen atoms in total. The summed E-state index contributed by atoms with van der Waals surface area (Å²) in [5.41, 5.74) is 23.0. The van der Waals surface area contributed by atoms with E-state index in [2.05, 4.69) is 382 Å². The maximum atomic E-state index is 7.24. The van der Waals surface area contributed by atoms with Gasteiger partial charge in [0.2, 0.25) is 0 Å². The van der Waals surface area contributed by atoms with Crippen LogP contribution in [0.25, 0.3) is 154 Å². The standard InChI is InChI=1S/C96H60N4O2Si/c1-5-21-69(22-6-1)97-81-31-15-13-29-73(81)75-53-61(37-45-83(75)97)63-39-47-85-77(55-63)79-57-65(41-49-87(79)99(85)71-25-9-3-10-26-71)67-43-51-95-91(59-67)101-89-33-17-19-35-93(89)103(95)94-36-20-18-34-90(94)102-92-60-68(44-52-96(92)103)66-42-50-88-80(58-66)78-56-64(40-48-86(78)100(88)72-27-11-4-12-28-72)62-38-46-84-76(54-62)74-30-14-16-32-82(74)98(84)70-23-7-2-8-24-70/h1-60H. The fourth-order valence-corrected chi connectivity index (χ4v) is 22.6. The van der Waals surface area contributed by atoms with Gasteiger partial charge in [0.1, 0.15) is 23.0 Å². The van der Waals surface area contributed by atoms with Crippen molar-refractivity contribution in [1.82, 2.24) is 18.3 Å². The molecule has 0 N–H and O–H groups in total. The van der Waals surface area contributed by atoms with Crippen molar-refractivity contribution in [2.24, 2.45) is 0 Å². The van der Waals surface area contributed by atoms with E-state index in [0.29, 0.717) is 0 Å². The van der Waals surface area contributed by atoms with Gasteiger partial charge in [-0.2, -0.15) is 0 Å². The summed E-state index contributed by atoms with van der Waals surface area (Å²) in [5, 5.41) is 14.5. The van der Waals surface area contributed by atoms with Gasteiger partial charge in [-0.15, -0.1) is 0 Å². The summed E-state index contributed by atoms with van der Waals surface area (Å²) in [6.07, 6.45) is 0. The van der Waals surface area contributed by atoms with Crippen molar-refractivity contribution in [2.75, 3.05) is 0 Å². The quantitative estimate of drug-likeness (QED) is 0.142. The Kier molecular flexibility index (Phi) is 12.4. The van der Waals surface area contributed by atoms with Crippen LogP contribution in [0.4, 0.5) is 0 Å². The maximum absolute atomic E-state index is 7.24. The molecular weight excluding hydrogens is 1270 g/mol. The molecule has 0 saturated carbocycles. The van der Waals surface area contributed by atoms with E-state index >= 15 is 0 Å². The summed E-state index contributed by atoms with van der Waals surface area (Å²) in [7, 11) is -3.16. The molecule has 0 aliphatic carbocycles. The van der Waals surface area contributed by atoms with E-state index in [1.54, 1.807) is 0 Å². The van der Waals surface area contributed by atoms with E-state index in [1.165, 1.54) is 108 Å². The molecule has 16 aromatic carbocycles. The van der Waals surface area contributed by atoms with Crippen LogP contribution in [0.2, 0.25) is 0 Å². The average Bonchev–Trinajstić information content (AvgIpc) is 0.974. The fraction of sp³-hybridized carbons (Fsp3) is 0. The first-order chi connectivity index (χ1) is 51.1. The molecule has 103 heavy (non-hydrogen) atoms. The molecule has 0 atom stereocenters. The number of fused-ring (bicyclic) bond motifs is 20. The fourth-order valence-electron chi connectivity index (χ4n) is 17.5. The molecule has 4 aromatic heterocycles. The highest BCUT2D eigenvalue weighted by molar-refractivity contribution is 7.21. The Morgan fingerprint density at radius 2 is 0.388 bits per heavy atom. The van der Waals surface area contributed by atoms with Crippen molar-refractivity contribution in [3.05, 3.63) is 364 Å². The topological polar surface area (TPSA) is 38.2 Å². The molecule has 0 bridgehead atoms. The monoisotopic (exact) mass is 1330 g/mol. The van der Waals surface area contributed by atoms with E-state index in [0.717, 1.165) is 90.1 Å². The predicted octanol–water partition coefficient (Wildman–Crippen LogP) is 22.3. The van der Waals surface area contributed by atoms with Crippen LogP contribution in [0.5, 0.6) is 23.0 Å². The normalized spacial score (nSPS) is 12.9. The number of benzene rings is 16. The van der Waals surface area contributed by atoms with Crippen molar-refractivity contribution in [3.63, 3.8) is 0 Å². The van der Waals surface area contributed by atoms with Crippen LogP contribution < -0.4 is 30.2 Å². The highest BCUT2D eigenvalue weighted by atomic mass is 28.3. The largest absolute Gasteiger partial charge is 0.458 e. The van der Waals surface area contributed by atoms with Crippen molar-refractivity contribution in [3.8, 4) is 90.3 Å². The Labute approximate surface area is 594 Å². The minimum Gasteiger partial charge on any atom is -0.458 e. The van der Waals surface area contributed by atoms with Crippen molar-refractivity contribution < 1.29 is 9.47 Å². The predicted molar refractivity (Wildman–Crippen MR) is 429 cm³/mol. The molecule has 0 saturated heterocycles. The van der Waals surface area contributed by atoms with Crippen LogP contribution >= 0.6 is 0 Å². The van der Waals surface area contributed by atoms with Crippen molar-refractivity contribution in [2.45, 2.75) is 0 Å². The highest BCUT2D eigenvalue weighted by Crippen LogP contribution is 2.45. The molecule has 1 spiro atoms. The Morgan fingerprint density at radius 1 is 0.165 bits per heavy atom. The molecule has 6 heterocycles. The zero-order valence-electron chi connectivity index (χ0n) is 55.7. The Bertz CT molecular complexity index is 6510. The molecule has 0 fully saturated rings. The Hall–Kier alpha value is -13.5. The number of ether oxygens (including phenoxy) is 2. The number of rotatable bonds is 8. The van der Waals surface area contributed by atoms with Gasteiger partial charge in [-0.25, -0.2) is 0 Å². The lowest BCUT2D eigenvalue weighted by Crippen LogP contribution is -2.77. The van der Waals surface area contributed by atoms with Crippen LogP contribution in [0.1, 0.15) is 0 Å². The number of nitrogens with zero attached hydrogens (tertiary/aromatic N) is 4. The molecule has 0 radical (unpaired) electrons. The highest BCUT2D eigenvalue weighted by Gasteiger charge is 2.53. The Balaban J connectivity index is 0.670. The molecule has 7 heteroatoms. The summed E-state index contributed by atoms with van der Waals surface area (Å²) in [4.78, 5) is 0. The van der Waals surface area contributed by atoms with Gasteiger partial charge >= 0.3 is 0 Å². The van der Waals surface area contributed by atoms with Crippen LogP contribution in [-0.4, -0.2) is 26.3 Å². The number of para-hydroxylation sites is 8. The minimum absolute atomic E-state index is 0.867. The lowest BCUT2D eigenvalue weighted by molar-refractivity contribution is 0.482. The van der Waals surface area contributed by atoms with Gasteiger partial charge in [-0.1, -0.05) is 206 Å². The molecule has 0 amide bonds. The van der Waals surface area contributed by atoms with E-state index in [4.69, 9.17) is 9.47 Å². The first-order valence-electron chi connectivity index (χ1n) is 35.4. The van der Waals surface area contributed by atoms with E-state index in [-0.39, 0.29) is 0 Å². The lowest BCUT2D eigenvalue weighted by atomic mass is 9.99. The van der Waals surface area contributed by atoms with Crippen LogP contribution in [0.15, 0.2) is 364 Å². The van der Waals surface area contributed by atoms with Gasteiger partial charge in [-0.3, -0.25) is 0 Å². The second-order valence-corrected chi connectivity index (χ2v) is 31.1. The first kappa shape index (κ1) is 57.4. The lowest BCUT2D eigenvalue weighted by Gasteiger charge is -2.43. The molecule has 2 aliphatic rings. The van der Waals surface area contributed by atoms with E-state index in [1.807, 2.05) is 0 Å². The number of hydrogen-bond acceptors (Lipinski definition) is 2. The summed E-state index contributed by atoms with van der Waals surface area (Å²) >= 11 is 0. The van der Waals surface area contributed by atoms with Gasteiger partial charge in [0, 0.05) is 65.8 Å². The molecule has 2 aliphatic heterocycles. The first-order valence-corrected chi connectivity index (χ1v) is 37.4. The van der Waals surface area contributed by atoms with Crippen molar-refractivity contribution in [1.29, 1.82) is 0 Å². The summed E-state index contributed by atoms with van der Waals surface area (Å²) < 4.78 is 24.1. The number of hydrogen-bond donors (Lipinski definition) is 0. The SMILES string of the molecule is c1ccc(-n2c3ccccc3c3cc(-c4ccc5c(c4)c4cc(-c6ccc7c(c6)Oc6ccccc6[Si]76c7ccccc7Oc7cc(-c8ccc9c(c8)c8cc(-c%10ccc%11c(c%10)c%10ccccc%10n%11-c%10ccccc%10)ccc8n9-c8ccccc8)ccc76)ccc4n5-c4ccccc4)ccc32)cc1. The summed E-state index contributed by atoms with van der Waals surface area (Å²) in [6, 6.07) is 134. The third-order valence-corrected chi connectivity index (χ3v) is 26.9. The third-order valence-electron chi connectivity index (χ3n) is 22.1. The molecular formula is C96H60N4O2Si. The smallest absolute Gasteiger partial charge is 0.196 e. The maximum Gasteiger partial charge on any atom is 0.196 e. The van der Waals surface area contributed by atoms with Crippen LogP contribution in [-0.2, 0) is 0 Å². The van der Waals surface area contributed by atoms with Crippen LogP contribution in [0, 0.1) is 0 Å². The van der Waals surface area contributed by atoms with Gasteiger partial charge in [0.05, 0.1) is 44.1 Å². The Morgan fingerprint density at radius 3 is 0.699 bits per heavy atom. The zero-order chi connectivity index (χ0) is 67.4. The second-order valence-electron chi connectivity index (χ2n) is 27.5. The van der Waals surface area contributed by atoms with Crippen molar-refractivity contribution >= 4 is 116 Å². The summed E-state index contributed by atoms with van der Waals surface area (Å²) in [5.74, 6) is 3.49. The van der Waals surface area contributed by atoms with E-state index < -0.39 is 8.07 Å². The second kappa shape index (κ2) is 22.3. The molecule has 20 aromatic rings. The van der Waals surface area contributed by atoms with Gasteiger partial charge in [0.15, 0.2) is 8.07 Å². The van der Waals surface area contributed by atoms with Crippen LogP contribution in [0.3, 0.4) is 0 Å². The van der Waals surface area contributed by atoms with Gasteiger partial charge < -0.3 is 27.7 Å². The zero-order valence-corrected chi connectivity index (χ0v) is 56.7.